The third-order valence-electron chi connectivity index (χ3n) is 3.56. The predicted octanol–water partition coefficient (Wildman–Crippen LogP) is 3.95. The van der Waals surface area contributed by atoms with Crippen LogP contribution in [-0.4, -0.2) is 14.6 Å². The van der Waals surface area contributed by atoms with Crippen molar-refractivity contribution in [1.82, 2.24) is 0 Å². The molecule has 1 unspecified atom stereocenters. The summed E-state index contributed by atoms with van der Waals surface area (Å²) in [7, 11) is -1.72. The van der Waals surface area contributed by atoms with E-state index in [9.17, 15) is 4.79 Å². The second-order valence-corrected chi connectivity index (χ2v) is 9.05. The molecular weight excluding hydrogens is 228 g/mol. The molecule has 0 saturated carbocycles. The summed E-state index contributed by atoms with van der Waals surface area (Å²) in [6.45, 7) is 6.52. The fraction of sp³-hybridized carbons (Fsp3) is 0.500. The number of benzene rings is 1. The van der Waals surface area contributed by atoms with Crippen LogP contribution in [0.5, 0.6) is 0 Å². The zero-order valence-corrected chi connectivity index (χ0v) is 12.0. The van der Waals surface area contributed by atoms with Crippen molar-refractivity contribution >= 4 is 14.6 Å². The Hall–Kier alpha value is -0.933. The summed E-state index contributed by atoms with van der Waals surface area (Å²) in [5, 5.41) is 0. The Kier molecular flexibility index (Phi) is 5.58. The summed E-state index contributed by atoms with van der Waals surface area (Å²) in [5.74, 6) is 0. The zero-order chi connectivity index (χ0) is 12.7. The molecule has 0 spiro atoms. The fourth-order valence-electron chi connectivity index (χ4n) is 2.09. The van der Waals surface area contributed by atoms with Crippen molar-refractivity contribution in [3.63, 3.8) is 0 Å². The number of carbonyl (C=O) groups is 1. The summed E-state index contributed by atoms with van der Waals surface area (Å²) in [6.07, 6.45) is 0.542. The SMILES string of the molecule is CC[Si](CC)(CC)OC(C=O)c1ccccc1. The molecule has 0 aliphatic rings. The second kappa shape index (κ2) is 6.72. The van der Waals surface area contributed by atoms with E-state index in [1.54, 1.807) is 0 Å². The molecule has 1 rings (SSSR count). The van der Waals surface area contributed by atoms with E-state index in [-0.39, 0.29) is 6.10 Å². The van der Waals surface area contributed by atoms with E-state index < -0.39 is 8.32 Å². The van der Waals surface area contributed by atoms with Gasteiger partial charge in [-0.2, -0.15) is 0 Å². The van der Waals surface area contributed by atoms with Crippen LogP contribution in [0.15, 0.2) is 30.3 Å². The summed E-state index contributed by atoms with van der Waals surface area (Å²) < 4.78 is 6.19. The summed E-state index contributed by atoms with van der Waals surface area (Å²) >= 11 is 0. The van der Waals surface area contributed by atoms with Crippen LogP contribution >= 0.6 is 0 Å². The van der Waals surface area contributed by atoms with Crippen molar-refractivity contribution in [2.75, 3.05) is 0 Å². The van der Waals surface area contributed by atoms with Crippen LogP contribution in [0, 0.1) is 0 Å². The zero-order valence-electron chi connectivity index (χ0n) is 11.0. The second-order valence-electron chi connectivity index (χ2n) is 4.33. The van der Waals surface area contributed by atoms with E-state index in [0.717, 1.165) is 30.0 Å². The molecule has 0 N–H and O–H groups in total. The lowest BCUT2D eigenvalue weighted by atomic mass is 10.1. The topological polar surface area (TPSA) is 26.3 Å². The molecule has 0 fully saturated rings. The van der Waals surface area contributed by atoms with Gasteiger partial charge in [0, 0.05) is 0 Å². The molecule has 0 amide bonds. The van der Waals surface area contributed by atoms with Gasteiger partial charge in [0.1, 0.15) is 6.10 Å². The Balaban J connectivity index is 2.86. The number of hydrogen-bond acceptors (Lipinski definition) is 2. The summed E-state index contributed by atoms with van der Waals surface area (Å²) in [6, 6.07) is 13.0. The highest BCUT2D eigenvalue weighted by molar-refractivity contribution is 6.73. The maximum atomic E-state index is 11.2. The Morgan fingerprint density at radius 1 is 1.12 bits per heavy atom. The van der Waals surface area contributed by atoms with Gasteiger partial charge in [-0.3, -0.25) is 0 Å². The van der Waals surface area contributed by atoms with Gasteiger partial charge < -0.3 is 9.22 Å². The van der Waals surface area contributed by atoms with Crippen molar-refractivity contribution in [2.45, 2.75) is 45.0 Å². The van der Waals surface area contributed by atoms with Gasteiger partial charge in [-0.25, -0.2) is 0 Å². The first-order valence-corrected chi connectivity index (χ1v) is 8.92. The minimum Gasteiger partial charge on any atom is -0.403 e. The molecule has 3 heteroatoms. The molecule has 0 aliphatic heterocycles. The monoisotopic (exact) mass is 250 g/mol. The Morgan fingerprint density at radius 3 is 2.06 bits per heavy atom. The highest BCUT2D eigenvalue weighted by atomic mass is 28.4. The first kappa shape index (κ1) is 14.1. The third kappa shape index (κ3) is 3.51. The van der Waals surface area contributed by atoms with Gasteiger partial charge in [-0.15, -0.1) is 0 Å². The van der Waals surface area contributed by atoms with E-state index in [1.165, 1.54) is 0 Å². The highest BCUT2D eigenvalue weighted by Crippen LogP contribution is 2.28. The first-order chi connectivity index (χ1) is 8.21. The van der Waals surface area contributed by atoms with Gasteiger partial charge in [-0.05, 0) is 23.7 Å². The highest BCUT2D eigenvalue weighted by Gasteiger charge is 2.32. The molecule has 17 heavy (non-hydrogen) atoms. The van der Waals surface area contributed by atoms with Crippen molar-refractivity contribution in [3.8, 4) is 0 Å². The van der Waals surface area contributed by atoms with Gasteiger partial charge in [0.05, 0.1) is 0 Å². The van der Waals surface area contributed by atoms with E-state index in [0.29, 0.717) is 0 Å². The number of hydrogen-bond donors (Lipinski definition) is 0. The van der Waals surface area contributed by atoms with Gasteiger partial charge in [0.25, 0.3) is 0 Å². The normalized spacial score (nSPS) is 13.4. The number of carbonyl (C=O) groups excluding carboxylic acids is 1. The van der Waals surface area contributed by atoms with Crippen molar-refractivity contribution in [1.29, 1.82) is 0 Å². The van der Waals surface area contributed by atoms with Crippen LogP contribution < -0.4 is 0 Å². The lowest BCUT2D eigenvalue weighted by molar-refractivity contribution is -0.114. The van der Waals surface area contributed by atoms with Gasteiger partial charge in [-0.1, -0.05) is 51.1 Å². The predicted molar refractivity (Wildman–Crippen MR) is 73.5 cm³/mol. The van der Waals surface area contributed by atoms with Crippen LogP contribution in [0.25, 0.3) is 0 Å². The summed E-state index contributed by atoms with van der Waals surface area (Å²) in [4.78, 5) is 11.2. The summed E-state index contributed by atoms with van der Waals surface area (Å²) in [5.41, 5.74) is 0.967. The van der Waals surface area contributed by atoms with Gasteiger partial charge in [0.2, 0.25) is 0 Å². The molecule has 0 aromatic heterocycles. The third-order valence-corrected chi connectivity index (χ3v) is 8.18. The Labute approximate surface area is 105 Å². The minimum absolute atomic E-state index is 0.386. The molecule has 2 nitrogen and oxygen atoms in total. The Morgan fingerprint density at radius 2 is 1.65 bits per heavy atom. The molecular formula is C14H22O2Si. The largest absolute Gasteiger partial charge is 0.403 e. The van der Waals surface area contributed by atoms with Crippen molar-refractivity contribution in [2.24, 2.45) is 0 Å². The fourth-order valence-corrected chi connectivity index (χ4v) is 4.82. The molecule has 0 radical (unpaired) electrons. The van der Waals surface area contributed by atoms with E-state index in [4.69, 9.17) is 4.43 Å². The lowest BCUT2D eigenvalue weighted by Crippen LogP contribution is -2.37. The van der Waals surface area contributed by atoms with Gasteiger partial charge >= 0.3 is 0 Å². The van der Waals surface area contributed by atoms with Crippen molar-refractivity contribution in [3.05, 3.63) is 35.9 Å². The smallest absolute Gasteiger partial charge is 0.193 e. The molecule has 0 saturated heterocycles. The van der Waals surface area contributed by atoms with Gasteiger partial charge in [0.15, 0.2) is 14.6 Å². The average Bonchev–Trinajstić information content (AvgIpc) is 2.42. The lowest BCUT2D eigenvalue weighted by Gasteiger charge is -2.31. The maximum absolute atomic E-state index is 11.2. The minimum atomic E-state index is -1.72. The molecule has 0 aliphatic carbocycles. The molecule has 0 bridgehead atoms. The van der Waals surface area contributed by atoms with Crippen molar-refractivity contribution < 1.29 is 9.22 Å². The van der Waals surface area contributed by atoms with E-state index >= 15 is 0 Å². The molecule has 1 atom stereocenters. The van der Waals surface area contributed by atoms with Crippen LogP contribution in [-0.2, 0) is 9.22 Å². The quantitative estimate of drug-likeness (QED) is 0.541. The Bertz CT molecular complexity index is 325. The number of aldehydes is 1. The molecule has 94 valence electrons. The maximum Gasteiger partial charge on any atom is 0.193 e. The van der Waals surface area contributed by atoms with Crippen LogP contribution in [0.2, 0.25) is 18.1 Å². The molecule has 0 heterocycles. The molecule has 1 aromatic carbocycles. The van der Waals surface area contributed by atoms with Crippen LogP contribution in [0.4, 0.5) is 0 Å². The average molecular weight is 250 g/mol. The van der Waals surface area contributed by atoms with Crippen LogP contribution in [0.3, 0.4) is 0 Å². The molecule has 1 aromatic rings. The van der Waals surface area contributed by atoms with Crippen LogP contribution in [0.1, 0.15) is 32.4 Å². The van der Waals surface area contributed by atoms with E-state index in [2.05, 4.69) is 20.8 Å². The number of rotatable bonds is 7. The first-order valence-electron chi connectivity index (χ1n) is 6.39. The van der Waals surface area contributed by atoms with E-state index in [1.807, 2.05) is 30.3 Å². The standard InChI is InChI=1S/C14H22O2Si/c1-4-17(5-2,6-3)16-14(12-15)13-10-8-7-9-11-13/h7-12,14H,4-6H2,1-3H3.